The molecule has 0 aliphatic heterocycles. The van der Waals surface area contributed by atoms with Crippen molar-refractivity contribution >= 4 is 56.1 Å². The number of hydrogen-bond acceptors (Lipinski definition) is 5. The molecule has 0 spiro atoms. The number of amides is 2. The van der Waals surface area contributed by atoms with Crippen LogP contribution in [-0.4, -0.2) is 26.6 Å². The molecule has 29 heavy (non-hydrogen) atoms. The number of nitrogens with zero attached hydrogens (tertiary/aromatic N) is 2. The molecule has 0 aliphatic carbocycles. The van der Waals surface area contributed by atoms with Gasteiger partial charge in [-0.3, -0.25) is 19.0 Å². The van der Waals surface area contributed by atoms with Crippen molar-refractivity contribution in [3.8, 4) is 0 Å². The number of carbonyl (C=O) groups excluding carboxylic acids is 2. The standard InChI is InChI=1S/C20H19BrN4O3S/c1-3-25-19(28)15-10-13(21)6-9-16(15)24-20(25)29-11(2)18(27)23-14-7-4-12(5-8-14)17(22)26/h4-11H,3H2,1-2H3,(H2,22,26)(H,23,27). The molecule has 1 heterocycles. The van der Waals surface area contributed by atoms with E-state index in [1.165, 1.54) is 11.8 Å². The average Bonchev–Trinajstić information content (AvgIpc) is 2.69. The molecule has 0 saturated carbocycles. The minimum atomic E-state index is -0.529. The van der Waals surface area contributed by atoms with Gasteiger partial charge in [0.1, 0.15) is 0 Å². The predicted molar refractivity (Wildman–Crippen MR) is 118 cm³/mol. The van der Waals surface area contributed by atoms with Gasteiger partial charge in [-0.05, 0) is 56.3 Å². The number of hydrogen-bond donors (Lipinski definition) is 2. The molecule has 0 radical (unpaired) electrons. The molecule has 0 fully saturated rings. The Bertz CT molecular complexity index is 1140. The maximum Gasteiger partial charge on any atom is 0.262 e. The van der Waals surface area contributed by atoms with Crippen molar-refractivity contribution in [2.45, 2.75) is 30.8 Å². The lowest BCUT2D eigenvalue weighted by Crippen LogP contribution is -2.26. The smallest absolute Gasteiger partial charge is 0.262 e. The van der Waals surface area contributed by atoms with Crippen LogP contribution in [0, 0.1) is 0 Å². The largest absolute Gasteiger partial charge is 0.366 e. The number of primary amides is 1. The Balaban J connectivity index is 1.82. The summed E-state index contributed by atoms with van der Waals surface area (Å²) in [5, 5.41) is 3.31. The number of carbonyl (C=O) groups is 2. The Morgan fingerprint density at radius 2 is 1.93 bits per heavy atom. The van der Waals surface area contributed by atoms with E-state index in [9.17, 15) is 14.4 Å². The molecule has 1 atom stereocenters. The van der Waals surface area contributed by atoms with Gasteiger partial charge in [-0.25, -0.2) is 4.98 Å². The third-order valence-electron chi connectivity index (χ3n) is 4.29. The maximum atomic E-state index is 12.8. The second-order valence-corrected chi connectivity index (χ2v) is 8.52. The van der Waals surface area contributed by atoms with Crippen molar-refractivity contribution in [3.05, 3.63) is 62.9 Å². The number of benzene rings is 2. The summed E-state index contributed by atoms with van der Waals surface area (Å²) in [5.74, 6) is -0.770. The number of rotatable bonds is 6. The van der Waals surface area contributed by atoms with Crippen LogP contribution in [-0.2, 0) is 11.3 Å². The lowest BCUT2D eigenvalue weighted by Gasteiger charge is -2.15. The third-order valence-corrected chi connectivity index (χ3v) is 5.87. The van der Waals surface area contributed by atoms with Crippen molar-refractivity contribution in [1.29, 1.82) is 0 Å². The number of fused-ring (bicyclic) bond motifs is 1. The van der Waals surface area contributed by atoms with E-state index in [-0.39, 0.29) is 11.5 Å². The highest BCUT2D eigenvalue weighted by Crippen LogP contribution is 2.25. The van der Waals surface area contributed by atoms with Crippen LogP contribution in [0.15, 0.2) is 56.9 Å². The average molecular weight is 475 g/mol. The van der Waals surface area contributed by atoms with Gasteiger partial charge in [-0.1, -0.05) is 27.7 Å². The summed E-state index contributed by atoms with van der Waals surface area (Å²) >= 11 is 4.59. The summed E-state index contributed by atoms with van der Waals surface area (Å²) in [7, 11) is 0. The Morgan fingerprint density at radius 3 is 2.55 bits per heavy atom. The van der Waals surface area contributed by atoms with E-state index in [0.29, 0.717) is 33.9 Å². The van der Waals surface area contributed by atoms with E-state index in [4.69, 9.17) is 5.73 Å². The normalized spacial score (nSPS) is 12.0. The summed E-state index contributed by atoms with van der Waals surface area (Å²) in [6, 6.07) is 11.7. The maximum absolute atomic E-state index is 12.8. The molecule has 9 heteroatoms. The SMILES string of the molecule is CCn1c(SC(C)C(=O)Nc2ccc(C(N)=O)cc2)nc2ccc(Br)cc2c1=O. The van der Waals surface area contributed by atoms with E-state index in [1.807, 2.05) is 13.0 Å². The highest BCUT2D eigenvalue weighted by molar-refractivity contribution is 9.10. The highest BCUT2D eigenvalue weighted by atomic mass is 79.9. The third kappa shape index (κ3) is 4.68. The number of halogens is 1. The number of anilines is 1. The summed E-state index contributed by atoms with van der Waals surface area (Å²) in [6.07, 6.45) is 0. The van der Waals surface area contributed by atoms with Crippen molar-refractivity contribution in [2.75, 3.05) is 5.32 Å². The second-order valence-electron chi connectivity index (χ2n) is 6.30. The van der Waals surface area contributed by atoms with E-state index in [1.54, 1.807) is 47.9 Å². The zero-order chi connectivity index (χ0) is 21.1. The molecule has 0 aliphatic rings. The van der Waals surface area contributed by atoms with Crippen LogP contribution in [0.1, 0.15) is 24.2 Å². The predicted octanol–water partition coefficient (Wildman–Crippen LogP) is 3.40. The quantitative estimate of drug-likeness (QED) is 0.420. The first-order valence-electron chi connectivity index (χ1n) is 8.87. The molecule has 150 valence electrons. The first-order valence-corrected chi connectivity index (χ1v) is 10.5. The fourth-order valence-electron chi connectivity index (χ4n) is 2.71. The Labute approximate surface area is 179 Å². The summed E-state index contributed by atoms with van der Waals surface area (Å²) < 4.78 is 2.37. The fourth-order valence-corrected chi connectivity index (χ4v) is 4.05. The second kappa shape index (κ2) is 8.79. The van der Waals surface area contributed by atoms with Gasteiger partial charge in [0.05, 0.1) is 16.2 Å². The van der Waals surface area contributed by atoms with Gasteiger partial charge in [-0.2, -0.15) is 0 Å². The number of thioether (sulfide) groups is 1. The topological polar surface area (TPSA) is 107 Å². The molecule has 3 rings (SSSR count). The molecule has 1 unspecified atom stereocenters. The van der Waals surface area contributed by atoms with Gasteiger partial charge >= 0.3 is 0 Å². The monoisotopic (exact) mass is 474 g/mol. The number of aromatic nitrogens is 2. The molecule has 0 bridgehead atoms. The van der Waals surface area contributed by atoms with Gasteiger partial charge in [0.25, 0.3) is 5.56 Å². The van der Waals surface area contributed by atoms with Crippen LogP contribution in [0.4, 0.5) is 5.69 Å². The first kappa shape index (κ1) is 21.1. The Kier molecular flexibility index (Phi) is 6.39. The van der Waals surface area contributed by atoms with Gasteiger partial charge in [0.2, 0.25) is 11.8 Å². The lowest BCUT2D eigenvalue weighted by molar-refractivity contribution is -0.115. The van der Waals surface area contributed by atoms with Crippen molar-refractivity contribution in [1.82, 2.24) is 9.55 Å². The van der Waals surface area contributed by atoms with Crippen LogP contribution in [0.3, 0.4) is 0 Å². The minimum Gasteiger partial charge on any atom is -0.366 e. The minimum absolute atomic E-state index is 0.143. The van der Waals surface area contributed by atoms with Gasteiger partial charge in [0.15, 0.2) is 5.16 Å². The molecule has 3 aromatic rings. The van der Waals surface area contributed by atoms with E-state index >= 15 is 0 Å². The molecule has 2 amide bonds. The summed E-state index contributed by atoms with van der Waals surface area (Å²) in [5.41, 5.74) is 6.58. The zero-order valence-corrected chi connectivity index (χ0v) is 18.2. The Morgan fingerprint density at radius 1 is 1.24 bits per heavy atom. The summed E-state index contributed by atoms with van der Waals surface area (Å²) in [4.78, 5) is 41.1. The number of nitrogens with one attached hydrogen (secondary N) is 1. The molecule has 1 aromatic heterocycles. The zero-order valence-electron chi connectivity index (χ0n) is 15.8. The van der Waals surface area contributed by atoms with Gasteiger partial charge in [-0.15, -0.1) is 0 Å². The highest BCUT2D eigenvalue weighted by Gasteiger charge is 2.19. The van der Waals surface area contributed by atoms with Crippen LogP contribution < -0.4 is 16.6 Å². The molecular formula is C20H19BrN4O3S. The first-order chi connectivity index (χ1) is 13.8. The van der Waals surface area contributed by atoms with Crippen LogP contribution in [0.5, 0.6) is 0 Å². The van der Waals surface area contributed by atoms with Gasteiger partial charge in [0, 0.05) is 22.3 Å². The van der Waals surface area contributed by atoms with Crippen LogP contribution in [0.25, 0.3) is 10.9 Å². The molecule has 2 aromatic carbocycles. The Hall–Kier alpha value is -2.65. The molecular weight excluding hydrogens is 456 g/mol. The van der Waals surface area contributed by atoms with E-state index < -0.39 is 11.2 Å². The van der Waals surface area contributed by atoms with Gasteiger partial charge < -0.3 is 11.1 Å². The molecule has 7 nitrogen and oxygen atoms in total. The fraction of sp³-hybridized carbons (Fsp3) is 0.200. The lowest BCUT2D eigenvalue weighted by atomic mass is 10.2. The van der Waals surface area contributed by atoms with Crippen LogP contribution in [0.2, 0.25) is 0 Å². The van der Waals surface area contributed by atoms with Crippen molar-refractivity contribution in [2.24, 2.45) is 5.73 Å². The number of nitrogens with two attached hydrogens (primary N) is 1. The van der Waals surface area contributed by atoms with Crippen molar-refractivity contribution in [3.63, 3.8) is 0 Å². The molecule has 3 N–H and O–H groups in total. The molecule has 0 saturated heterocycles. The van der Waals surface area contributed by atoms with Crippen molar-refractivity contribution < 1.29 is 9.59 Å². The van der Waals surface area contributed by atoms with E-state index in [0.717, 1.165) is 4.47 Å². The van der Waals surface area contributed by atoms with E-state index in [2.05, 4.69) is 26.2 Å². The van der Waals surface area contributed by atoms with Crippen LogP contribution >= 0.6 is 27.7 Å². The summed E-state index contributed by atoms with van der Waals surface area (Å²) in [6.45, 7) is 4.05.